The molecule has 0 heterocycles. The lowest BCUT2D eigenvalue weighted by atomic mass is 9.83. The fourth-order valence-electron chi connectivity index (χ4n) is 7.67. The Morgan fingerprint density at radius 1 is 0.656 bits per heavy atom. The van der Waals surface area contributed by atoms with Gasteiger partial charge in [-0.05, 0) is 133 Å². The quantitative estimate of drug-likeness (QED) is 0.0486. The summed E-state index contributed by atoms with van der Waals surface area (Å²) < 4.78 is 11.8. The van der Waals surface area contributed by atoms with E-state index in [1.165, 1.54) is 6.92 Å². The largest absolute Gasteiger partial charge is 0.507 e. The minimum atomic E-state index is -1.20. The number of aliphatic hydroxyl groups is 1. The van der Waals surface area contributed by atoms with Gasteiger partial charge in [0.1, 0.15) is 30.5 Å². The van der Waals surface area contributed by atoms with Gasteiger partial charge in [-0.1, -0.05) is 47.8 Å². The van der Waals surface area contributed by atoms with Crippen molar-refractivity contribution in [3.05, 3.63) is 122 Å². The van der Waals surface area contributed by atoms with E-state index in [4.69, 9.17) is 9.47 Å². The van der Waals surface area contributed by atoms with Crippen LogP contribution in [-0.2, 0) is 40.0 Å². The Hall–Kier alpha value is -5.61. The van der Waals surface area contributed by atoms with Gasteiger partial charge < -0.3 is 24.8 Å². The van der Waals surface area contributed by atoms with Crippen molar-refractivity contribution in [2.24, 2.45) is 5.92 Å². The Morgan fingerprint density at radius 3 is 1.56 bits per heavy atom. The van der Waals surface area contributed by atoms with E-state index < -0.39 is 18.0 Å². The third-order valence-electron chi connectivity index (χ3n) is 10.9. The SMILES string of the molecule is C=C(C)C(=O)OCCOc1c2cc(C(=O)CCC)cc1Cc1cc(C(=O)CCC)cc(c1O)Cc1cc(C(=O)CCC)cc(c1O)CC(C)C(O)/C(=C\C(=C)C(=O)CCC)C2. The summed E-state index contributed by atoms with van der Waals surface area (Å²) in [4.78, 5) is 66.2. The number of Topliss-reactive ketones (excluding diaryl/α,β-unsaturated/α-hetero) is 4. The molecule has 1 aliphatic carbocycles. The molecule has 61 heavy (non-hydrogen) atoms. The van der Waals surface area contributed by atoms with Crippen LogP contribution in [0.4, 0.5) is 0 Å². The average Bonchev–Trinajstić information content (AvgIpc) is 3.21. The number of ketones is 4. The molecule has 3 aromatic rings. The number of allylic oxidation sites excluding steroid dienone is 2. The van der Waals surface area contributed by atoms with Crippen LogP contribution in [0.15, 0.2) is 72.4 Å². The number of phenols is 2. The predicted octanol–water partition coefficient (Wildman–Crippen LogP) is 9.67. The highest BCUT2D eigenvalue weighted by Gasteiger charge is 2.28. The molecule has 0 saturated carbocycles. The second kappa shape index (κ2) is 22.3. The highest BCUT2D eigenvalue weighted by Crippen LogP contribution is 2.39. The lowest BCUT2D eigenvalue weighted by Gasteiger charge is -2.26. The Kier molecular flexibility index (Phi) is 17.6. The summed E-state index contributed by atoms with van der Waals surface area (Å²) in [6.45, 7) is 18.4. The van der Waals surface area contributed by atoms with Crippen molar-refractivity contribution >= 4 is 29.1 Å². The number of benzene rings is 3. The maximum Gasteiger partial charge on any atom is 0.333 e. The summed E-state index contributed by atoms with van der Waals surface area (Å²) in [5.41, 5.74) is 4.37. The number of aliphatic hydroxyl groups excluding tert-OH is 1. The molecule has 1 aliphatic rings. The molecule has 10 nitrogen and oxygen atoms in total. The van der Waals surface area contributed by atoms with Crippen LogP contribution in [0.1, 0.15) is 157 Å². The number of fused-ring (bicyclic) bond motifs is 6. The molecular formula is C51H62O10. The Bertz CT molecular complexity index is 2210. The molecule has 10 heteroatoms. The second-order valence-corrected chi connectivity index (χ2v) is 16.3. The van der Waals surface area contributed by atoms with Crippen LogP contribution in [0.3, 0.4) is 0 Å². The molecule has 0 spiro atoms. The first-order valence-corrected chi connectivity index (χ1v) is 21.5. The molecule has 0 fully saturated rings. The zero-order chi connectivity index (χ0) is 45.0. The molecule has 2 unspecified atom stereocenters. The molecule has 4 rings (SSSR count). The van der Waals surface area contributed by atoms with Crippen LogP contribution < -0.4 is 4.74 Å². The minimum Gasteiger partial charge on any atom is -0.507 e. The van der Waals surface area contributed by atoms with Crippen LogP contribution >= 0.6 is 0 Å². The third kappa shape index (κ3) is 12.5. The zero-order valence-electron chi connectivity index (χ0n) is 36.7. The van der Waals surface area contributed by atoms with E-state index in [1.807, 2.05) is 27.7 Å². The summed E-state index contributed by atoms with van der Waals surface area (Å²) in [7, 11) is 0. The van der Waals surface area contributed by atoms with Crippen molar-refractivity contribution in [3.63, 3.8) is 0 Å². The van der Waals surface area contributed by atoms with Crippen molar-refractivity contribution in [3.8, 4) is 17.2 Å². The third-order valence-corrected chi connectivity index (χ3v) is 10.9. The van der Waals surface area contributed by atoms with Crippen molar-refractivity contribution in [1.82, 2.24) is 0 Å². The average molecular weight is 835 g/mol. The number of hydrogen-bond donors (Lipinski definition) is 3. The molecule has 3 N–H and O–H groups in total. The lowest BCUT2D eigenvalue weighted by molar-refractivity contribution is -0.139. The fraction of sp³-hybridized carbons (Fsp3) is 0.431. The van der Waals surface area contributed by atoms with Crippen LogP contribution in [0, 0.1) is 5.92 Å². The van der Waals surface area contributed by atoms with Crippen molar-refractivity contribution in [1.29, 1.82) is 0 Å². The lowest BCUT2D eigenvalue weighted by Crippen LogP contribution is -2.25. The highest BCUT2D eigenvalue weighted by molar-refractivity contribution is 5.99. The fourth-order valence-corrected chi connectivity index (χ4v) is 7.67. The monoisotopic (exact) mass is 834 g/mol. The van der Waals surface area contributed by atoms with Gasteiger partial charge in [0.15, 0.2) is 23.1 Å². The van der Waals surface area contributed by atoms with E-state index in [0.717, 1.165) is 0 Å². The van der Waals surface area contributed by atoms with Crippen molar-refractivity contribution in [2.45, 2.75) is 125 Å². The molecule has 3 aromatic carbocycles. The molecule has 0 aromatic heterocycles. The van der Waals surface area contributed by atoms with Gasteiger partial charge in [0.25, 0.3) is 0 Å². The van der Waals surface area contributed by atoms with Gasteiger partial charge in [0.2, 0.25) is 0 Å². The van der Waals surface area contributed by atoms with Gasteiger partial charge in [-0.25, -0.2) is 4.79 Å². The Balaban J connectivity index is 2.11. The van der Waals surface area contributed by atoms with Crippen LogP contribution in [-0.4, -0.2) is 63.7 Å². The predicted molar refractivity (Wildman–Crippen MR) is 237 cm³/mol. The van der Waals surface area contributed by atoms with Gasteiger partial charge in [0, 0.05) is 66.4 Å². The molecule has 0 radical (unpaired) electrons. The number of ether oxygens (including phenoxy) is 2. The Labute approximate surface area is 360 Å². The molecule has 2 atom stereocenters. The first kappa shape index (κ1) is 48.1. The number of hydrogen-bond acceptors (Lipinski definition) is 10. The van der Waals surface area contributed by atoms with E-state index in [1.54, 1.807) is 49.4 Å². The molecular weight excluding hydrogens is 773 g/mol. The van der Waals surface area contributed by atoms with Gasteiger partial charge in [-0.15, -0.1) is 0 Å². The normalized spacial score (nSPS) is 15.8. The van der Waals surface area contributed by atoms with Crippen molar-refractivity contribution < 1.29 is 48.8 Å². The van der Waals surface area contributed by atoms with Gasteiger partial charge in [0.05, 0.1) is 6.10 Å². The topological polar surface area (TPSA) is 164 Å². The summed E-state index contributed by atoms with van der Waals surface area (Å²) >= 11 is 0. The number of phenolic OH excluding ortho intramolecular Hbond substituents is 2. The number of carbonyl (C=O) groups excluding carboxylic acids is 5. The maximum absolute atomic E-state index is 13.7. The number of carbonyl (C=O) groups is 5. The molecule has 326 valence electrons. The summed E-state index contributed by atoms with van der Waals surface area (Å²) in [6.07, 6.45) is 3.83. The highest BCUT2D eigenvalue weighted by atomic mass is 16.6. The van der Waals surface area contributed by atoms with Crippen LogP contribution in [0.25, 0.3) is 0 Å². The van der Waals surface area contributed by atoms with Gasteiger partial charge in [-0.2, -0.15) is 0 Å². The van der Waals surface area contributed by atoms with E-state index >= 15 is 0 Å². The summed E-state index contributed by atoms with van der Waals surface area (Å²) in [5.74, 6) is -1.68. The molecule has 0 amide bonds. The Morgan fingerprint density at radius 2 is 1.08 bits per heavy atom. The van der Waals surface area contributed by atoms with E-state index in [9.17, 15) is 39.3 Å². The zero-order valence-corrected chi connectivity index (χ0v) is 36.7. The number of rotatable bonds is 18. The minimum absolute atomic E-state index is 0.0103. The van der Waals surface area contributed by atoms with E-state index in [-0.39, 0.29) is 110 Å². The smallest absolute Gasteiger partial charge is 0.333 e. The first-order valence-electron chi connectivity index (χ1n) is 21.5. The maximum atomic E-state index is 13.7. The number of aromatic hydroxyl groups is 2. The van der Waals surface area contributed by atoms with Crippen LogP contribution in [0.5, 0.6) is 17.2 Å². The number of esters is 1. The van der Waals surface area contributed by atoms with Crippen molar-refractivity contribution in [2.75, 3.05) is 13.2 Å². The van der Waals surface area contributed by atoms with Crippen LogP contribution in [0.2, 0.25) is 0 Å². The van der Waals surface area contributed by atoms with E-state index in [2.05, 4.69) is 13.2 Å². The molecule has 0 saturated heterocycles. The summed E-state index contributed by atoms with van der Waals surface area (Å²) in [6, 6.07) is 9.92. The second-order valence-electron chi connectivity index (χ2n) is 16.3. The standard InChI is InChI=1S/C51H62O10/c1-9-13-43(52)31(7)19-36-28-41-25-35(46(55)16-12-4)26-42(50(41)60-17-18-61-51(59)30(5)6)29-40-24-34(45(54)15-11-3)23-39(49(40)58)27-38-22-33(44(53)14-10-2)21-37(48(38)57)20-32(8)47(36)56/h19,21-26,32,47,56-58H,5,7,9-18,20,27-29H2,1-4,6,8H3/b36-19-. The van der Waals surface area contributed by atoms with Gasteiger partial charge >= 0.3 is 5.97 Å². The summed E-state index contributed by atoms with van der Waals surface area (Å²) in [5, 5.41) is 36.2. The van der Waals surface area contributed by atoms with E-state index in [0.29, 0.717) is 87.1 Å². The van der Waals surface area contributed by atoms with Gasteiger partial charge in [-0.3, -0.25) is 19.2 Å². The molecule has 6 bridgehead atoms. The first-order chi connectivity index (χ1) is 29.0. The molecule has 0 aliphatic heterocycles.